The maximum absolute atomic E-state index is 12.9. The molecule has 6 heteroatoms. The van der Waals surface area contributed by atoms with Gasteiger partial charge in [0.2, 0.25) is 5.91 Å². The van der Waals surface area contributed by atoms with E-state index in [4.69, 9.17) is 9.47 Å². The molecule has 2 aliphatic heterocycles. The fraction of sp³-hybridized carbons (Fsp3) is 0.409. The van der Waals surface area contributed by atoms with Gasteiger partial charge in [-0.2, -0.15) is 0 Å². The zero-order valence-electron chi connectivity index (χ0n) is 16.2. The Morgan fingerprint density at radius 3 is 2.86 bits per heavy atom. The van der Waals surface area contributed by atoms with Gasteiger partial charge in [-0.15, -0.1) is 0 Å². The molecular weight excluding hydrogens is 354 g/mol. The minimum absolute atomic E-state index is 0.00470. The molecular formula is C22H27N3O3. The molecule has 1 fully saturated rings. The molecule has 1 amide bonds. The summed E-state index contributed by atoms with van der Waals surface area (Å²) in [5.74, 6) is 1.77. The lowest BCUT2D eigenvalue weighted by molar-refractivity contribution is -0.124. The second-order valence-corrected chi connectivity index (χ2v) is 7.23. The van der Waals surface area contributed by atoms with Crippen molar-refractivity contribution in [2.24, 2.45) is 0 Å². The molecule has 0 bridgehead atoms. The number of methoxy groups -OCH3 is 1. The van der Waals surface area contributed by atoms with E-state index in [1.165, 1.54) is 0 Å². The van der Waals surface area contributed by atoms with E-state index in [0.29, 0.717) is 13.2 Å². The summed E-state index contributed by atoms with van der Waals surface area (Å²) < 4.78 is 11.2. The number of hydrogen-bond acceptors (Lipinski definition) is 5. The highest BCUT2D eigenvalue weighted by Gasteiger charge is 2.29. The van der Waals surface area contributed by atoms with Gasteiger partial charge in [0.1, 0.15) is 11.5 Å². The second-order valence-electron chi connectivity index (χ2n) is 7.23. The molecule has 2 heterocycles. The summed E-state index contributed by atoms with van der Waals surface area (Å²) in [5, 5.41) is 6.65. The summed E-state index contributed by atoms with van der Waals surface area (Å²) in [6.45, 7) is 3.48. The molecule has 0 radical (unpaired) electrons. The Balaban J connectivity index is 1.46. The molecule has 4 rings (SSSR count). The van der Waals surface area contributed by atoms with Crippen LogP contribution in [0.3, 0.4) is 0 Å². The summed E-state index contributed by atoms with van der Waals surface area (Å²) in [7, 11) is 1.69. The van der Waals surface area contributed by atoms with Crippen molar-refractivity contribution < 1.29 is 14.3 Å². The first-order valence-corrected chi connectivity index (χ1v) is 9.85. The summed E-state index contributed by atoms with van der Waals surface area (Å²) in [5.41, 5.74) is 2.17. The van der Waals surface area contributed by atoms with E-state index in [2.05, 4.69) is 21.6 Å². The molecule has 148 valence electrons. The quantitative estimate of drug-likeness (QED) is 0.832. The van der Waals surface area contributed by atoms with Crippen molar-refractivity contribution in [1.82, 2.24) is 15.5 Å². The smallest absolute Gasteiger partial charge is 0.234 e. The van der Waals surface area contributed by atoms with Crippen LogP contribution < -0.4 is 20.1 Å². The molecule has 28 heavy (non-hydrogen) atoms. The molecule has 0 saturated carbocycles. The lowest BCUT2D eigenvalue weighted by Crippen LogP contribution is -2.50. The Morgan fingerprint density at radius 1 is 1.21 bits per heavy atom. The first-order chi connectivity index (χ1) is 13.8. The van der Waals surface area contributed by atoms with Crippen molar-refractivity contribution in [3.8, 4) is 11.5 Å². The van der Waals surface area contributed by atoms with Crippen molar-refractivity contribution in [3.05, 3.63) is 59.7 Å². The maximum atomic E-state index is 12.9. The fourth-order valence-corrected chi connectivity index (χ4v) is 4.10. The first kappa shape index (κ1) is 18.8. The number of fused-ring (bicyclic) bond motifs is 1. The summed E-state index contributed by atoms with van der Waals surface area (Å²) in [6.07, 6.45) is 0.792. The number of carbonyl (C=O) groups is 1. The molecule has 0 aromatic heterocycles. The number of ether oxygens (including phenoxy) is 2. The highest BCUT2D eigenvalue weighted by Crippen LogP contribution is 2.32. The van der Waals surface area contributed by atoms with Gasteiger partial charge in [0.05, 0.1) is 32.3 Å². The molecule has 1 saturated heterocycles. The SMILES string of the molecule is COc1ccccc1C1CNCCN1CC(=O)NC1CCOc2ccccc21. The highest BCUT2D eigenvalue weighted by molar-refractivity contribution is 5.78. The van der Waals surface area contributed by atoms with Crippen molar-refractivity contribution in [2.45, 2.75) is 18.5 Å². The number of nitrogens with zero attached hydrogens (tertiary/aromatic N) is 1. The zero-order chi connectivity index (χ0) is 19.3. The summed E-state index contributed by atoms with van der Waals surface area (Å²) >= 11 is 0. The molecule has 6 nitrogen and oxygen atoms in total. The van der Waals surface area contributed by atoms with Crippen LogP contribution in [0.25, 0.3) is 0 Å². The number of rotatable bonds is 5. The van der Waals surface area contributed by atoms with E-state index < -0.39 is 0 Å². The van der Waals surface area contributed by atoms with Gasteiger partial charge in [0.25, 0.3) is 0 Å². The third kappa shape index (κ3) is 3.98. The van der Waals surface area contributed by atoms with E-state index in [0.717, 1.165) is 48.7 Å². The molecule has 2 aromatic carbocycles. The van der Waals surface area contributed by atoms with Crippen LogP contribution in [-0.4, -0.2) is 50.7 Å². The van der Waals surface area contributed by atoms with Gasteiger partial charge in [0.15, 0.2) is 0 Å². The highest BCUT2D eigenvalue weighted by atomic mass is 16.5. The Kier molecular flexibility index (Phi) is 5.78. The Morgan fingerprint density at radius 2 is 2.00 bits per heavy atom. The standard InChI is InChI=1S/C22H27N3O3/c1-27-20-8-4-3-7-17(20)19-14-23-11-12-25(19)15-22(26)24-18-10-13-28-21-9-5-2-6-16(18)21/h2-9,18-19,23H,10-15H2,1H3,(H,24,26). The van der Waals surface area contributed by atoms with Crippen molar-refractivity contribution in [2.75, 3.05) is 39.9 Å². The molecule has 0 spiro atoms. The first-order valence-electron chi connectivity index (χ1n) is 9.85. The number of hydrogen-bond donors (Lipinski definition) is 2. The van der Waals surface area contributed by atoms with E-state index >= 15 is 0 Å². The van der Waals surface area contributed by atoms with Crippen LogP contribution in [0.5, 0.6) is 11.5 Å². The number of nitrogens with one attached hydrogen (secondary N) is 2. The minimum atomic E-state index is 0.00470. The van der Waals surface area contributed by atoms with Crippen molar-refractivity contribution >= 4 is 5.91 Å². The van der Waals surface area contributed by atoms with E-state index in [9.17, 15) is 4.79 Å². The topological polar surface area (TPSA) is 62.8 Å². The second kappa shape index (κ2) is 8.63. The van der Waals surface area contributed by atoms with Crippen LogP contribution in [-0.2, 0) is 4.79 Å². The minimum Gasteiger partial charge on any atom is -0.496 e. The Hall–Kier alpha value is -2.57. The van der Waals surface area contributed by atoms with Crippen LogP contribution in [0.2, 0.25) is 0 Å². The number of para-hydroxylation sites is 2. The molecule has 2 N–H and O–H groups in total. The average molecular weight is 381 g/mol. The van der Waals surface area contributed by atoms with Crippen LogP contribution in [0, 0.1) is 0 Å². The van der Waals surface area contributed by atoms with Gasteiger partial charge in [-0.05, 0) is 12.1 Å². The van der Waals surface area contributed by atoms with Crippen LogP contribution >= 0.6 is 0 Å². The van der Waals surface area contributed by atoms with E-state index in [1.807, 2.05) is 42.5 Å². The van der Waals surface area contributed by atoms with Crippen LogP contribution in [0.1, 0.15) is 29.6 Å². The number of benzene rings is 2. The van der Waals surface area contributed by atoms with Gasteiger partial charge in [0, 0.05) is 37.2 Å². The predicted octanol–water partition coefficient (Wildman–Crippen LogP) is 2.28. The predicted molar refractivity (Wildman–Crippen MR) is 108 cm³/mol. The van der Waals surface area contributed by atoms with Gasteiger partial charge in [-0.1, -0.05) is 36.4 Å². The lowest BCUT2D eigenvalue weighted by atomic mass is 10.00. The molecule has 2 aromatic rings. The fourth-order valence-electron chi connectivity index (χ4n) is 4.10. The van der Waals surface area contributed by atoms with Crippen molar-refractivity contribution in [3.63, 3.8) is 0 Å². The van der Waals surface area contributed by atoms with Gasteiger partial charge in [-0.25, -0.2) is 0 Å². The zero-order valence-corrected chi connectivity index (χ0v) is 16.2. The molecule has 0 aliphatic carbocycles. The molecule has 2 atom stereocenters. The number of carbonyl (C=O) groups excluding carboxylic acids is 1. The molecule has 2 aliphatic rings. The maximum Gasteiger partial charge on any atom is 0.234 e. The normalized spacial score (nSPS) is 22.0. The van der Waals surface area contributed by atoms with Gasteiger partial charge < -0.3 is 20.1 Å². The van der Waals surface area contributed by atoms with Crippen molar-refractivity contribution in [1.29, 1.82) is 0 Å². The third-order valence-electron chi connectivity index (χ3n) is 5.49. The molecule has 2 unspecified atom stereocenters. The summed E-state index contributed by atoms with van der Waals surface area (Å²) in [6, 6.07) is 16.1. The van der Waals surface area contributed by atoms with E-state index in [-0.39, 0.29) is 18.0 Å². The Labute approximate surface area is 165 Å². The third-order valence-corrected chi connectivity index (χ3v) is 5.49. The Bertz CT molecular complexity index is 826. The average Bonchev–Trinajstić information content (AvgIpc) is 2.74. The van der Waals surface area contributed by atoms with Crippen LogP contribution in [0.15, 0.2) is 48.5 Å². The van der Waals surface area contributed by atoms with Gasteiger partial charge in [-0.3, -0.25) is 9.69 Å². The largest absolute Gasteiger partial charge is 0.496 e. The van der Waals surface area contributed by atoms with E-state index in [1.54, 1.807) is 7.11 Å². The lowest BCUT2D eigenvalue weighted by Gasteiger charge is -2.37. The number of piperazine rings is 1. The number of amides is 1. The monoisotopic (exact) mass is 381 g/mol. The van der Waals surface area contributed by atoms with Gasteiger partial charge >= 0.3 is 0 Å². The summed E-state index contributed by atoms with van der Waals surface area (Å²) in [4.78, 5) is 15.1. The van der Waals surface area contributed by atoms with Crippen LogP contribution in [0.4, 0.5) is 0 Å².